The molecule has 0 aromatic carbocycles. The fraction of sp³-hybridized carbons (Fsp3) is 0.857. The highest BCUT2D eigenvalue weighted by Crippen LogP contribution is 2.08. The third-order valence-corrected chi connectivity index (χ3v) is 1.35. The number of hydrogen-bond donors (Lipinski definition) is 0. The zero-order valence-electron chi connectivity index (χ0n) is 6.52. The van der Waals surface area contributed by atoms with Gasteiger partial charge in [-0.05, 0) is 27.7 Å². The van der Waals surface area contributed by atoms with Gasteiger partial charge in [-0.1, -0.05) is 0 Å². The SMILES string of the molecule is CCOC(C)(C)C(C)=O. The first-order valence-corrected chi connectivity index (χ1v) is 3.15. The average molecular weight is 130 g/mol. The molecule has 0 spiro atoms. The van der Waals surface area contributed by atoms with Crippen LogP contribution in [0.4, 0.5) is 0 Å². The molecule has 0 aliphatic heterocycles. The number of carbonyl (C=O) groups excluding carboxylic acids is 1. The van der Waals surface area contributed by atoms with Crippen LogP contribution in [0.2, 0.25) is 0 Å². The number of rotatable bonds is 3. The molecule has 0 unspecified atom stereocenters. The number of carbonyl (C=O) groups is 1. The Morgan fingerprint density at radius 3 is 2.11 bits per heavy atom. The topological polar surface area (TPSA) is 26.3 Å². The van der Waals surface area contributed by atoms with Crippen LogP contribution < -0.4 is 0 Å². The van der Waals surface area contributed by atoms with Crippen molar-refractivity contribution in [3.05, 3.63) is 0 Å². The van der Waals surface area contributed by atoms with Crippen LogP contribution in [-0.4, -0.2) is 18.0 Å². The molecule has 2 nitrogen and oxygen atoms in total. The van der Waals surface area contributed by atoms with Crippen LogP contribution >= 0.6 is 0 Å². The van der Waals surface area contributed by atoms with Crippen LogP contribution in [0, 0.1) is 0 Å². The van der Waals surface area contributed by atoms with E-state index in [-0.39, 0.29) is 5.78 Å². The zero-order chi connectivity index (χ0) is 7.49. The van der Waals surface area contributed by atoms with Gasteiger partial charge in [-0.2, -0.15) is 0 Å². The highest BCUT2D eigenvalue weighted by molar-refractivity contribution is 5.83. The van der Waals surface area contributed by atoms with Gasteiger partial charge >= 0.3 is 0 Å². The predicted octanol–water partition coefficient (Wildman–Crippen LogP) is 1.39. The van der Waals surface area contributed by atoms with Crippen molar-refractivity contribution in [2.75, 3.05) is 6.61 Å². The standard InChI is InChI=1S/C7H14O2/c1-5-9-7(3,4)6(2)8/h5H2,1-4H3. The third-order valence-electron chi connectivity index (χ3n) is 1.35. The summed E-state index contributed by atoms with van der Waals surface area (Å²) < 4.78 is 5.14. The molecular formula is C7H14O2. The van der Waals surface area contributed by atoms with Crippen LogP contribution in [0.15, 0.2) is 0 Å². The second-order valence-corrected chi connectivity index (χ2v) is 2.50. The lowest BCUT2D eigenvalue weighted by Gasteiger charge is -2.20. The molecule has 0 saturated heterocycles. The molecule has 0 aliphatic rings. The van der Waals surface area contributed by atoms with Gasteiger partial charge in [0.1, 0.15) is 5.60 Å². The Morgan fingerprint density at radius 1 is 1.56 bits per heavy atom. The Morgan fingerprint density at radius 2 is 2.00 bits per heavy atom. The van der Waals surface area contributed by atoms with Crippen LogP contribution in [-0.2, 0) is 9.53 Å². The third kappa shape index (κ3) is 2.61. The Hall–Kier alpha value is -0.370. The average Bonchev–Trinajstić information content (AvgIpc) is 1.65. The fourth-order valence-electron chi connectivity index (χ4n) is 0.462. The van der Waals surface area contributed by atoms with Crippen LogP contribution in [0.3, 0.4) is 0 Å². The fourth-order valence-corrected chi connectivity index (χ4v) is 0.462. The van der Waals surface area contributed by atoms with Crippen molar-refractivity contribution in [1.82, 2.24) is 0 Å². The van der Waals surface area contributed by atoms with E-state index in [2.05, 4.69) is 0 Å². The van der Waals surface area contributed by atoms with Gasteiger partial charge in [0.15, 0.2) is 5.78 Å². The molecule has 0 aliphatic carbocycles. The number of ether oxygens (including phenoxy) is 1. The summed E-state index contributed by atoms with van der Waals surface area (Å²) in [6.45, 7) is 7.56. The summed E-state index contributed by atoms with van der Waals surface area (Å²) in [6, 6.07) is 0. The molecule has 0 bridgehead atoms. The lowest BCUT2D eigenvalue weighted by atomic mass is 10.1. The Labute approximate surface area is 56.2 Å². The molecule has 0 heterocycles. The first kappa shape index (κ1) is 8.63. The Kier molecular flexibility index (Phi) is 2.85. The molecule has 0 amide bonds. The maximum absolute atomic E-state index is 10.7. The van der Waals surface area contributed by atoms with Crippen LogP contribution in [0.1, 0.15) is 27.7 Å². The molecule has 54 valence electrons. The Balaban J connectivity index is 3.85. The van der Waals surface area contributed by atoms with E-state index in [0.717, 1.165) is 0 Å². The zero-order valence-corrected chi connectivity index (χ0v) is 6.52. The summed E-state index contributed by atoms with van der Waals surface area (Å²) in [7, 11) is 0. The van der Waals surface area contributed by atoms with Crippen molar-refractivity contribution < 1.29 is 9.53 Å². The van der Waals surface area contributed by atoms with E-state index in [1.165, 1.54) is 6.92 Å². The highest BCUT2D eigenvalue weighted by atomic mass is 16.5. The summed E-state index contributed by atoms with van der Waals surface area (Å²) in [4.78, 5) is 10.7. The molecule has 0 rings (SSSR count). The minimum atomic E-state index is -0.589. The van der Waals surface area contributed by atoms with E-state index < -0.39 is 5.60 Å². The molecule has 0 atom stereocenters. The van der Waals surface area contributed by atoms with Crippen molar-refractivity contribution >= 4 is 5.78 Å². The molecule has 0 aromatic rings. The number of Topliss-reactive ketones (excluding diaryl/α,β-unsaturated/α-hetero) is 1. The predicted molar refractivity (Wildman–Crippen MR) is 36.4 cm³/mol. The van der Waals surface area contributed by atoms with Gasteiger partial charge in [-0.15, -0.1) is 0 Å². The molecule has 0 aromatic heterocycles. The van der Waals surface area contributed by atoms with E-state index in [1.54, 1.807) is 13.8 Å². The first-order valence-electron chi connectivity index (χ1n) is 3.15. The van der Waals surface area contributed by atoms with E-state index >= 15 is 0 Å². The van der Waals surface area contributed by atoms with Gasteiger partial charge in [0.25, 0.3) is 0 Å². The van der Waals surface area contributed by atoms with Crippen LogP contribution in [0.25, 0.3) is 0 Å². The van der Waals surface area contributed by atoms with Gasteiger partial charge in [0.05, 0.1) is 0 Å². The summed E-state index contributed by atoms with van der Waals surface area (Å²) in [5.74, 6) is 0.0735. The van der Waals surface area contributed by atoms with Crippen molar-refractivity contribution in [3.8, 4) is 0 Å². The first-order chi connectivity index (χ1) is 4.00. The van der Waals surface area contributed by atoms with Crippen molar-refractivity contribution in [2.45, 2.75) is 33.3 Å². The van der Waals surface area contributed by atoms with E-state index in [4.69, 9.17) is 4.74 Å². The highest BCUT2D eigenvalue weighted by Gasteiger charge is 2.22. The summed E-state index contributed by atoms with van der Waals surface area (Å²) in [5.41, 5.74) is -0.589. The minimum absolute atomic E-state index is 0.0735. The normalized spacial score (nSPS) is 11.6. The van der Waals surface area contributed by atoms with E-state index in [9.17, 15) is 4.79 Å². The van der Waals surface area contributed by atoms with Crippen molar-refractivity contribution in [2.24, 2.45) is 0 Å². The summed E-state index contributed by atoms with van der Waals surface area (Å²) in [6.07, 6.45) is 0. The number of hydrogen-bond acceptors (Lipinski definition) is 2. The second-order valence-electron chi connectivity index (χ2n) is 2.50. The second kappa shape index (κ2) is 2.97. The van der Waals surface area contributed by atoms with E-state index in [0.29, 0.717) is 6.61 Å². The van der Waals surface area contributed by atoms with Gasteiger partial charge < -0.3 is 4.74 Å². The van der Waals surface area contributed by atoms with Gasteiger partial charge in [-0.25, -0.2) is 0 Å². The molecule has 0 N–H and O–H groups in total. The van der Waals surface area contributed by atoms with Crippen LogP contribution in [0.5, 0.6) is 0 Å². The summed E-state index contributed by atoms with van der Waals surface area (Å²) >= 11 is 0. The van der Waals surface area contributed by atoms with E-state index in [1.807, 2.05) is 6.92 Å². The van der Waals surface area contributed by atoms with Gasteiger partial charge in [-0.3, -0.25) is 4.79 Å². The van der Waals surface area contributed by atoms with Gasteiger partial charge in [0, 0.05) is 6.61 Å². The molecule has 2 heteroatoms. The van der Waals surface area contributed by atoms with Gasteiger partial charge in [0.2, 0.25) is 0 Å². The lowest BCUT2D eigenvalue weighted by molar-refractivity contribution is -0.137. The monoisotopic (exact) mass is 130 g/mol. The lowest BCUT2D eigenvalue weighted by Crippen LogP contribution is -2.32. The summed E-state index contributed by atoms with van der Waals surface area (Å²) in [5, 5.41) is 0. The quantitative estimate of drug-likeness (QED) is 0.577. The Bertz CT molecular complexity index is 105. The minimum Gasteiger partial charge on any atom is -0.368 e. The molecular weight excluding hydrogens is 116 g/mol. The maximum Gasteiger partial charge on any atom is 0.160 e. The van der Waals surface area contributed by atoms with Crippen molar-refractivity contribution in [3.63, 3.8) is 0 Å². The molecule has 9 heavy (non-hydrogen) atoms. The largest absolute Gasteiger partial charge is 0.368 e. The molecule has 0 saturated carbocycles. The number of ketones is 1. The smallest absolute Gasteiger partial charge is 0.160 e. The molecule has 0 fully saturated rings. The molecule has 0 radical (unpaired) electrons. The maximum atomic E-state index is 10.7. The van der Waals surface area contributed by atoms with Crippen molar-refractivity contribution in [1.29, 1.82) is 0 Å².